The number of nitrogens with zero attached hydrogens (tertiary/aromatic N) is 7. The number of anilines is 5. The molecule has 0 fully saturated rings. The predicted molar refractivity (Wildman–Crippen MR) is 162 cm³/mol. The second kappa shape index (κ2) is 10.4. The maximum Gasteiger partial charge on any atom is 0.241 e. The van der Waals surface area contributed by atoms with Gasteiger partial charge in [-0.3, -0.25) is 4.98 Å². The maximum atomic E-state index is 4.84. The SMILES string of the molecule is CN(Cc1cccc(Nc2ncnc(-n3c(Nc4ccc5[nH]ccc5c4)nc4ccccc43)n2)c1)c1ccncc1. The third kappa shape index (κ3) is 5.01. The van der Waals surface area contributed by atoms with E-state index in [-0.39, 0.29) is 0 Å². The molecule has 41 heavy (non-hydrogen) atoms. The number of hydrogen-bond donors (Lipinski definition) is 3. The average molecular weight is 539 g/mol. The van der Waals surface area contributed by atoms with Crippen LogP contribution in [0.5, 0.6) is 0 Å². The lowest BCUT2D eigenvalue weighted by Gasteiger charge is -2.19. The van der Waals surface area contributed by atoms with Crippen molar-refractivity contribution in [1.29, 1.82) is 0 Å². The van der Waals surface area contributed by atoms with Crippen LogP contribution in [0.4, 0.5) is 29.0 Å². The quantitative estimate of drug-likeness (QED) is 0.209. The first-order chi connectivity index (χ1) is 20.2. The number of imidazole rings is 1. The van der Waals surface area contributed by atoms with Gasteiger partial charge in [0.15, 0.2) is 0 Å². The van der Waals surface area contributed by atoms with Crippen LogP contribution in [0.3, 0.4) is 0 Å². The van der Waals surface area contributed by atoms with Crippen LogP contribution < -0.4 is 15.5 Å². The number of rotatable bonds is 8. The van der Waals surface area contributed by atoms with Gasteiger partial charge in [-0.15, -0.1) is 0 Å². The van der Waals surface area contributed by atoms with Gasteiger partial charge in [-0.25, -0.2) is 19.5 Å². The predicted octanol–water partition coefficient (Wildman–Crippen LogP) is 6.21. The van der Waals surface area contributed by atoms with Gasteiger partial charge in [0, 0.05) is 60.1 Å². The maximum absolute atomic E-state index is 4.84. The van der Waals surface area contributed by atoms with Gasteiger partial charge in [-0.1, -0.05) is 24.3 Å². The summed E-state index contributed by atoms with van der Waals surface area (Å²) in [6.45, 7) is 0.743. The number of fused-ring (bicyclic) bond motifs is 2. The highest BCUT2D eigenvalue weighted by Gasteiger charge is 2.16. The largest absolute Gasteiger partial charge is 0.370 e. The zero-order valence-corrected chi connectivity index (χ0v) is 22.2. The van der Waals surface area contributed by atoms with Crippen molar-refractivity contribution in [3.05, 3.63) is 115 Å². The van der Waals surface area contributed by atoms with E-state index in [1.807, 2.05) is 77.5 Å². The standard InChI is InChI=1S/C31H26N10/c1-40(25-12-14-32-15-13-25)19-21-5-4-6-23(17-21)36-29-34-20-35-30(39-29)41-28-8-3-2-7-27(28)38-31(41)37-24-9-10-26-22(18-24)11-16-33-26/h2-18,20,33H,19H2,1H3,(H,37,38)(H,34,35,36,39). The van der Waals surface area contributed by atoms with Crippen LogP contribution in [0.15, 0.2) is 110 Å². The Morgan fingerprint density at radius 2 is 1.71 bits per heavy atom. The number of pyridine rings is 1. The van der Waals surface area contributed by atoms with Crippen molar-refractivity contribution < 1.29 is 0 Å². The fourth-order valence-electron chi connectivity index (χ4n) is 4.87. The molecule has 0 atom stereocenters. The van der Waals surface area contributed by atoms with Crippen molar-refractivity contribution in [1.82, 2.24) is 34.5 Å². The van der Waals surface area contributed by atoms with Crippen molar-refractivity contribution in [2.75, 3.05) is 22.6 Å². The molecule has 7 aromatic rings. The Hall–Kier alpha value is -5.77. The smallest absolute Gasteiger partial charge is 0.241 e. The summed E-state index contributed by atoms with van der Waals surface area (Å²) in [7, 11) is 2.06. The summed E-state index contributed by atoms with van der Waals surface area (Å²) in [6, 6.07) is 28.3. The molecular weight excluding hydrogens is 512 g/mol. The molecule has 10 heteroatoms. The number of benzene rings is 3. The van der Waals surface area contributed by atoms with Crippen LogP contribution in [0.1, 0.15) is 5.56 Å². The highest BCUT2D eigenvalue weighted by Crippen LogP contribution is 2.27. The van der Waals surface area contributed by atoms with E-state index >= 15 is 0 Å². The summed E-state index contributed by atoms with van der Waals surface area (Å²) in [5.41, 5.74) is 6.84. The molecule has 0 spiro atoms. The zero-order valence-electron chi connectivity index (χ0n) is 22.2. The molecule has 0 unspecified atom stereocenters. The number of aromatic amines is 1. The molecular formula is C31H26N10. The van der Waals surface area contributed by atoms with E-state index in [1.165, 1.54) is 6.33 Å². The number of nitrogens with one attached hydrogen (secondary N) is 3. The van der Waals surface area contributed by atoms with Crippen LogP contribution in [0.25, 0.3) is 27.9 Å². The average Bonchev–Trinajstić information content (AvgIpc) is 3.62. The minimum absolute atomic E-state index is 0.437. The molecule has 4 aromatic heterocycles. The highest BCUT2D eigenvalue weighted by molar-refractivity contribution is 5.85. The van der Waals surface area contributed by atoms with Crippen LogP contribution in [0, 0.1) is 0 Å². The molecule has 10 nitrogen and oxygen atoms in total. The minimum atomic E-state index is 0.437. The molecule has 0 aliphatic carbocycles. The van der Waals surface area contributed by atoms with E-state index in [2.05, 4.69) is 60.7 Å². The van der Waals surface area contributed by atoms with Crippen molar-refractivity contribution in [2.45, 2.75) is 6.54 Å². The van der Waals surface area contributed by atoms with Gasteiger partial charge < -0.3 is 20.5 Å². The molecule has 0 aliphatic rings. The topological polar surface area (TPSA) is 112 Å². The molecule has 0 amide bonds. The Morgan fingerprint density at radius 3 is 2.63 bits per heavy atom. The van der Waals surface area contributed by atoms with Gasteiger partial charge in [0.2, 0.25) is 17.8 Å². The van der Waals surface area contributed by atoms with Gasteiger partial charge >= 0.3 is 0 Å². The number of aromatic nitrogens is 7. The monoisotopic (exact) mass is 538 g/mol. The molecule has 7 rings (SSSR count). The second-order valence-electron chi connectivity index (χ2n) is 9.66. The van der Waals surface area contributed by atoms with Crippen LogP contribution in [0.2, 0.25) is 0 Å². The van der Waals surface area contributed by atoms with Gasteiger partial charge in [-0.2, -0.15) is 4.98 Å². The minimum Gasteiger partial charge on any atom is -0.370 e. The summed E-state index contributed by atoms with van der Waals surface area (Å²) in [4.78, 5) is 28.0. The van der Waals surface area contributed by atoms with Crippen molar-refractivity contribution >= 4 is 50.9 Å². The third-order valence-electron chi connectivity index (χ3n) is 6.84. The highest BCUT2D eigenvalue weighted by atomic mass is 15.3. The summed E-state index contributed by atoms with van der Waals surface area (Å²) in [5, 5.41) is 7.91. The van der Waals surface area contributed by atoms with E-state index < -0.39 is 0 Å². The Bertz CT molecular complexity index is 1960. The summed E-state index contributed by atoms with van der Waals surface area (Å²) in [5.74, 6) is 1.50. The van der Waals surface area contributed by atoms with Crippen LogP contribution in [-0.4, -0.2) is 41.5 Å². The molecule has 0 radical (unpaired) electrons. The van der Waals surface area contributed by atoms with Gasteiger partial charge in [0.05, 0.1) is 11.0 Å². The third-order valence-corrected chi connectivity index (χ3v) is 6.84. The summed E-state index contributed by atoms with van der Waals surface area (Å²) in [6.07, 6.45) is 7.04. The second-order valence-corrected chi connectivity index (χ2v) is 9.66. The Kier molecular flexibility index (Phi) is 6.17. The molecule has 4 heterocycles. The molecule has 3 N–H and O–H groups in total. The first-order valence-corrected chi connectivity index (χ1v) is 13.2. The first kappa shape index (κ1) is 24.3. The lowest BCUT2D eigenvalue weighted by atomic mass is 10.2. The van der Waals surface area contributed by atoms with E-state index in [1.54, 1.807) is 12.4 Å². The van der Waals surface area contributed by atoms with Gasteiger partial charge in [0.1, 0.15) is 6.33 Å². The Balaban J connectivity index is 1.18. The first-order valence-electron chi connectivity index (χ1n) is 13.2. The molecule has 0 saturated carbocycles. The Morgan fingerprint density at radius 1 is 0.829 bits per heavy atom. The Labute approximate surface area is 235 Å². The van der Waals surface area contributed by atoms with Crippen molar-refractivity contribution in [3.8, 4) is 5.95 Å². The van der Waals surface area contributed by atoms with Crippen molar-refractivity contribution in [3.63, 3.8) is 0 Å². The van der Waals surface area contributed by atoms with E-state index in [0.29, 0.717) is 17.8 Å². The van der Waals surface area contributed by atoms with Gasteiger partial charge in [0.25, 0.3) is 0 Å². The van der Waals surface area contributed by atoms with E-state index in [4.69, 9.17) is 9.97 Å². The lowest BCUT2D eigenvalue weighted by molar-refractivity contribution is 0.918. The normalized spacial score (nSPS) is 11.1. The zero-order chi connectivity index (χ0) is 27.6. The summed E-state index contributed by atoms with van der Waals surface area (Å²) < 4.78 is 1.91. The van der Waals surface area contributed by atoms with Crippen LogP contribution in [-0.2, 0) is 6.54 Å². The number of H-pyrrole nitrogens is 1. The molecule has 3 aromatic carbocycles. The lowest BCUT2D eigenvalue weighted by Crippen LogP contribution is -2.16. The fourth-order valence-corrected chi connectivity index (χ4v) is 4.87. The van der Waals surface area contributed by atoms with Gasteiger partial charge in [-0.05, 0) is 66.2 Å². The number of hydrogen-bond acceptors (Lipinski definition) is 8. The fraction of sp³-hybridized carbons (Fsp3) is 0.0645. The number of para-hydroxylation sites is 2. The molecule has 200 valence electrons. The van der Waals surface area contributed by atoms with Crippen LogP contribution >= 0.6 is 0 Å². The van der Waals surface area contributed by atoms with E-state index in [0.717, 1.165) is 51.1 Å². The van der Waals surface area contributed by atoms with E-state index in [9.17, 15) is 0 Å². The molecule has 0 aliphatic heterocycles. The molecule has 0 saturated heterocycles. The van der Waals surface area contributed by atoms with Crippen molar-refractivity contribution in [2.24, 2.45) is 0 Å². The summed E-state index contributed by atoms with van der Waals surface area (Å²) >= 11 is 0. The molecule has 0 bridgehead atoms.